The summed E-state index contributed by atoms with van der Waals surface area (Å²) in [5, 5.41) is 12.4. The fourth-order valence-corrected chi connectivity index (χ4v) is 1.79. The summed E-state index contributed by atoms with van der Waals surface area (Å²) in [6.45, 7) is 1.67. The lowest BCUT2D eigenvalue weighted by molar-refractivity contribution is -0.580. The van der Waals surface area contributed by atoms with Gasteiger partial charge < -0.3 is 24.2 Å². The third kappa shape index (κ3) is 3.93. The molecule has 0 saturated heterocycles. The highest BCUT2D eigenvalue weighted by Gasteiger charge is 2.12. The van der Waals surface area contributed by atoms with Crippen molar-refractivity contribution in [1.82, 2.24) is 4.98 Å². The van der Waals surface area contributed by atoms with Crippen molar-refractivity contribution in [1.29, 1.82) is 0 Å². The number of hydrogen-bond acceptors (Lipinski definition) is 6. The first-order valence-electron chi connectivity index (χ1n) is 6.50. The van der Waals surface area contributed by atoms with Gasteiger partial charge in [-0.25, -0.2) is 4.73 Å². The van der Waals surface area contributed by atoms with Gasteiger partial charge >= 0.3 is 0 Å². The molecular formula is C14H18N2O5. The Morgan fingerprint density at radius 2 is 1.62 bits per heavy atom. The van der Waals surface area contributed by atoms with Crippen LogP contribution in [-0.2, 0) is 9.47 Å². The van der Waals surface area contributed by atoms with Gasteiger partial charge in [-0.3, -0.25) is 0 Å². The third-order valence-corrected chi connectivity index (χ3v) is 2.81. The summed E-state index contributed by atoms with van der Waals surface area (Å²) in [5.41, 5.74) is 0.469. The number of methoxy groups -OCH3 is 2. The van der Waals surface area contributed by atoms with E-state index in [0.29, 0.717) is 53.6 Å². The van der Waals surface area contributed by atoms with Gasteiger partial charge in [-0.05, 0) is 6.07 Å². The van der Waals surface area contributed by atoms with Crippen LogP contribution in [0.25, 0.3) is 10.9 Å². The van der Waals surface area contributed by atoms with Crippen molar-refractivity contribution in [3.63, 3.8) is 0 Å². The normalized spacial score (nSPS) is 10.8. The smallest absolute Gasteiger partial charge is 0.289 e. The summed E-state index contributed by atoms with van der Waals surface area (Å²) < 4.78 is 21.8. The van der Waals surface area contributed by atoms with Gasteiger partial charge in [-0.2, -0.15) is 0 Å². The van der Waals surface area contributed by atoms with Crippen molar-refractivity contribution in [3.05, 3.63) is 29.9 Å². The van der Waals surface area contributed by atoms with Crippen LogP contribution < -0.4 is 14.2 Å². The van der Waals surface area contributed by atoms with E-state index in [1.165, 1.54) is 6.33 Å². The zero-order valence-corrected chi connectivity index (χ0v) is 12.1. The topological polar surface area (TPSA) is 76.8 Å². The summed E-state index contributed by atoms with van der Waals surface area (Å²) in [7, 11) is 3.20. The van der Waals surface area contributed by atoms with Gasteiger partial charge in [0, 0.05) is 20.3 Å². The van der Waals surface area contributed by atoms with E-state index in [-0.39, 0.29) is 0 Å². The highest BCUT2D eigenvalue weighted by Crippen LogP contribution is 2.31. The van der Waals surface area contributed by atoms with Gasteiger partial charge in [-0.1, -0.05) is 4.98 Å². The first-order chi connectivity index (χ1) is 10.3. The van der Waals surface area contributed by atoms with Crippen molar-refractivity contribution in [2.45, 2.75) is 0 Å². The van der Waals surface area contributed by atoms with Crippen molar-refractivity contribution >= 4 is 10.9 Å². The van der Waals surface area contributed by atoms with E-state index in [4.69, 9.17) is 18.9 Å². The van der Waals surface area contributed by atoms with Crippen molar-refractivity contribution in [2.24, 2.45) is 0 Å². The molecule has 1 aromatic carbocycles. The second kappa shape index (κ2) is 7.61. The monoisotopic (exact) mass is 294 g/mol. The number of ether oxygens (including phenoxy) is 4. The Balaban J connectivity index is 2.29. The number of hydrogen-bond donors (Lipinski definition) is 0. The molecule has 0 spiro atoms. The standard InChI is InChI=1S/C14H18N2O5/c1-18-3-5-20-13-7-11-9-15-10-16(17)12(11)8-14(13)21-6-4-19-2/h7-10H,3-6H2,1-2H3. The molecule has 0 atom stereocenters. The highest BCUT2D eigenvalue weighted by atomic mass is 16.5. The highest BCUT2D eigenvalue weighted by molar-refractivity contribution is 5.79. The lowest BCUT2D eigenvalue weighted by atomic mass is 10.2. The molecule has 0 aliphatic heterocycles. The summed E-state index contributed by atoms with van der Waals surface area (Å²) in [6.07, 6.45) is 2.80. The Morgan fingerprint density at radius 3 is 2.24 bits per heavy atom. The Bertz CT molecular complexity index is 591. The van der Waals surface area contributed by atoms with E-state index in [0.717, 1.165) is 0 Å². The van der Waals surface area contributed by atoms with E-state index in [2.05, 4.69) is 4.98 Å². The van der Waals surface area contributed by atoms with E-state index >= 15 is 0 Å². The SMILES string of the molecule is COCCOc1cc2cnc[n+]([O-])c2cc1OCCOC. The van der Waals surface area contributed by atoms with E-state index in [1.54, 1.807) is 32.5 Å². The second-order valence-corrected chi connectivity index (χ2v) is 4.26. The van der Waals surface area contributed by atoms with Crippen LogP contribution in [0.2, 0.25) is 0 Å². The number of rotatable bonds is 8. The molecule has 7 heteroatoms. The van der Waals surface area contributed by atoms with Crippen LogP contribution in [0.15, 0.2) is 24.7 Å². The van der Waals surface area contributed by atoms with Crippen molar-refractivity contribution in [2.75, 3.05) is 40.6 Å². The molecule has 0 N–H and O–H groups in total. The van der Waals surface area contributed by atoms with Crippen LogP contribution in [0, 0.1) is 5.21 Å². The van der Waals surface area contributed by atoms with Gasteiger partial charge in [0.05, 0.1) is 18.6 Å². The molecule has 0 aliphatic carbocycles. The largest absolute Gasteiger partial charge is 0.710 e. The minimum Gasteiger partial charge on any atom is -0.710 e. The summed E-state index contributed by atoms with van der Waals surface area (Å²) in [6, 6.07) is 3.37. The maximum atomic E-state index is 11.7. The Labute approximate surface area is 122 Å². The first kappa shape index (κ1) is 15.3. The van der Waals surface area contributed by atoms with Gasteiger partial charge in [0.25, 0.3) is 6.33 Å². The van der Waals surface area contributed by atoms with Gasteiger partial charge in [0.1, 0.15) is 18.7 Å². The second-order valence-electron chi connectivity index (χ2n) is 4.26. The Hall–Kier alpha value is -2.12. The molecule has 2 aromatic rings. The minimum absolute atomic E-state index is 0.368. The molecule has 0 unspecified atom stereocenters. The third-order valence-electron chi connectivity index (χ3n) is 2.81. The lowest BCUT2D eigenvalue weighted by Gasteiger charge is -2.14. The summed E-state index contributed by atoms with van der Waals surface area (Å²) in [4.78, 5) is 3.86. The molecule has 0 bridgehead atoms. The van der Waals surface area contributed by atoms with Crippen LogP contribution in [0.4, 0.5) is 0 Å². The molecule has 1 heterocycles. The van der Waals surface area contributed by atoms with Crippen molar-refractivity contribution < 1.29 is 23.7 Å². The predicted octanol–water partition coefficient (Wildman–Crippen LogP) is 0.919. The average Bonchev–Trinajstić information content (AvgIpc) is 2.49. The number of aromatic nitrogens is 2. The number of nitrogens with zero attached hydrogens (tertiary/aromatic N) is 2. The van der Waals surface area contributed by atoms with E-state index in [9.17, 15) is 5.21 Å². The van der Waals surface area contributed by atoms with Crippen molar-refractivity contribution in [3.8, 4) is 11.5 Å². The molecule has 21 heavy (non-hydrogen) atoms. The minimum atomic E-state index is 0.368. The Morgan fingerprint density at radius 1 is 1.00 bits per heavy atom. The Kier molecular flexibility index (Phi) is 5.53. The fraction of sp³-hybridized carbons (Fsp3) is 0.429. The molecular weight excluding hydrogens is 276 g/mol. The van der Waals surface area contributed by atoms with Crippen LogP contribution in [0.1, 0.15) is 0 Å². The summed E-state index contributed by atoms with van der Waals surface area (Å²) in [5.74, 6) is 1.04. The quantitative estimate of drug-likeness (QED) is 0.409. The van der Waals surface area contributed by atoms with Crippen LogP contribution in [0.5, 0.6) is 11.5 Å². The molecule has 114 valence electrons. The molecule has 0 saturated carbocycles. The molecule has 0 amide bonds. The van der Waals surface area contributed by atoms with Gasteiger partial charge in [0.15, 0.2) is 17.7 Å². The average molecular weight is 294 g/mol. The maximum absolute atomic E-state index is 11.7. The van der Waals surface area contributed by atoms with Gasteiger partial charge in [0.2, 0.25) is 0 Å². The lowest BCUT2D eigenvalue weighted by Crippen LogP contribution is -2.27. The molecule has 0 fully saturated rings. The molecule has 0 aliphatic rings. The zero-order valence-electron chi connectivity index (χ0n) is 12.1. The maximum Gasteiger partial charge on any atom is 0.289 e. The van der Waals surface area contributed by atoms with Crippen LogP contribution >= 0.6 is 0 Å². The molecule has 1 aromatic heterocycles. The zero-order chi connectivity index (χ0) is 15.1. The molecule has 7 nitrogen and oxygen atoms in total. The van der Waals surface area contributed by atoms with E-state index in [1.807, 2.05) is 0 Å². The van der Waals surface area contributed by atoms with Crippen LogP contribution in [-0.4, -0.2) is 45.6 Å². The van der Waals surface area contributed by atoms with Gasteiger partial charge in [-0.15, -0.1) is 0 Å². The molecule has 0 radical (unpaired) electrons. The van der Waals surface area contributed by atoms with Crippen LogP contribution in [0.3, 0.4) is 0 Å². The first-order valence-corrected chi connectivity index (χ1v) is 6.50. The predicted molar refractivity (Wildman–Crippen MR) is 75.4 cm³/mol. The number of fused-ring (bicyclic) bond motifs is 1. The number of benzene rings is 1. The fourth-order valence-electron chi connectivity index (χ4n) is 1.79. The summed E-state index contributed by atoms with van der Waals surface area (Å²) >= 11 is 0. The molecule has 2 rings (SSSR count). The van der Waals surface area contributed by atoms with E-state index < -0.39 is 0 Å².